The summed E-state index contributed by atoms with van der Waals surface area (Å²) in [5.74, 6) is 0.131. The summed E-state index contributed by atoms with van der Waals surface area (Å²) in [6.07, 6.45) is 1.23. The molecule has 6 N–H and O–H groups in total. The predicted octanol–water partition coefficient (Wildman–Crippen LogP) is 1.65. The van der Waals surface area contributed by atoms with Crippen LogP contribution in [0.15, 0.2) is 60.9 Å². The van der Waals surface area contributed by atoms with Crippen molar-refractivity contribution >= 4 is 29.1 Å². The lowest BCUT2D eigenvalue weighted by atomic mass is 10.1. The van der Waals surface area contributed by atoms with E-state index in [-0.39, 0.29) is 29.8 Å². The molecule has 0 aliphatic carbocycles. The molecule has 1 heterocycles. The summed E-state index contributed by atoms with van der Waals surface area (Å²) in [5, 5.41) is 0. The molecule has 0 spiro atoms. The number of para-hydroxylation sites is 1. The zero-order valence-electron chi connectivity index (χ0n) is 16.2. The van der Waals surface area contributed by atoms with Crippen molar-refractivity contribution in [3.8, 4) is 5.75 Å². The van der Waals surface area contributed by atoms with E-state index in [1.807, 2.05) is 25.1 Å². The third kappa shape index (κ3) is 5.35. The van der Waals surface area contributed by atoms with Crippen LogP contribution in [0.25, 0.3) is 0 Å². The molecule has 0 radical (unpaired) electrons. The second-order valence-electron chi connectivity index (χ2n) is 6.15. The van der Waals surface area contributed by atoms with Crippen LogP contribution in [0.5, 0.6) is 5.75 Å². The highest BCUT2D eigenvalue weighted by Gasteiger charge is 2.12. The van der Waals surface area contributed by atoms with Crippen LogP contribution in [-0.2, 0) is 4.79 Å². The quantitative estimate of drug-likeness (QED) is 0.355. The molecule has 0 unspecified atom stereocenters. The van der Waals surface area contributed by atoms with Crippen molar-refractivity contribution in [2.24, 2.45) is 0 Å². The molecule has 3 rings (SSSR count). The van der Waals surface area contributed by atoms with Crippen LogP contribution in [0.3, 0.4) is 0 Å². The van der Waals surface area contributed by atoms with Crippen LogP contribution in [0.4, 0.5) is 17.3 Å². The number of nitrogen functional groups attached to an aromatic ring is 1. The van der Waals surface area contributed by atoms with Gasteiger partial charge in [-0.25, -0.2) is 9.97 Å². The molecular formula is C20H21N7O3. The summed E-state index contributed by atoms with van der Waals surface area (Å²) < 4.78 is 5.35. The van der Waals surface area contributed by atoms with Gasteiger partial charge in [-0.3, -0.25) is 31.3 Å². The van der Waals surface area contributed by atoms with Gasteiger partial charge in [-0.15, -0.1) is 0 Å². The summed E-state index contributed by atoms with van der Waals surface area (Å²) in [7, 11) is 0. The summed E-state index contributed by atoms with van der Waals surface area (Å²) in [4.78, 5) is 32.2. The van der Waals surface area contributed by atoms with E-state index in [1.54, 1.807) is 36.4 Å². The Labute approximate surface area is 172 Å². The number of nitrogens with zero attached hydrogens (tertiary/aromatic N) is 2. The molecule has 0 fully saturated rings. The molecule has 0 atom stereocenters. The molecule has 154 valence electrons. The first-order chi connectivity index (χ1) is 14.5. The molecule has 0 aliphatic heterocycles. The predicted molar refractivity (Wildman–Crippen MR) is 112 cm³/mol. The van der Waals surface area contributed by atoms with Crippen LogP contribution >= 0.6 is 0 Å². The van der Waals surface area contributed by atoms with Gasteiger partial charge < -0.3 is 10.5 Å². The second-order valence-corrected chi connectivity index (χ2v) is 6.15. The van der Waals surface area contributed by atoms with Gasteiger partial charge in [-0.05, 0) is 30.7 Å². The standard InChI is InChI=1S/C20H21N7O3/c1-13-7-5-6-10-15(13)20(29)27-26-19-17(21)18(22-12-23-19)25-24-16(28)11-30-14-8-3-2-4-9-14/h2-10,12H,11,21H2,1H3,(H,24,28)(H,27,29)(H2,22,23,25,26). The molecule has 0 saturated carbocycles. The number of anilines is 3. The minimum Gasteiger partial charge on any atom is -0.484 e. The van der Waals surface area contributed by atoms with Crippen LogP contribution in [-0.4, -0.2) is 28.4 Å². The number of rotatable bonds is 8. The van der Waals surface area contributed by atoms with Crippen molar-refractivity contribution in [3.05, 3.63) is 72.1 Å². The first-order valence-electron chi connectivity index (χ1n) is 8.99. The minimum atomic E-state index is -0.431. The molecule has 0 saturated heterocycles. The van der Waals surface area contributed by atoms with Gasteiger partial charge in [0.1, 0.15) is 17.8 Å². The summed E-state index contributed by atoms with van der Waals surface area (Å²) in [6.45, 7) is 1.64. The monoisotopic (exact) mass is 407 g/mol. The van der Waals surface area contributed by atoms with E-state index in [4.69, 9.17) is 10.5 Å². The smallest absolute Gasteiger partial charge is 0.276 e. The van der Waals surface area contributed by atoms with Gasteiger partial charge in [0.25, 0.3) is 11.8 Å². The number of carbonyl (C=O) groups excluding carboxylic acids is 2. The Morgan fingerprint density at radius 3 is 2.27 bits per heavy atom. The number of hydrogen-bond acceptors (Lipinski definition) is 8. The molecule has 2 amide bonds. The molecule has 10 nitrogen and oxygen atoms in total. The second kappa shape index (κ2) is 9.73. The Hall–Kier alpha value is -4.34. The van der Waals surface area contributed by atoms with E-state index in [2.05, 4.69) is 31.7 Å². The van der Waals surface area contributed by atoms with Crippen LogP contribution in [0, 0.1) is 6.92 Å². The number of nitrogens with two attached hydrogens (primary N) is 1. The summed E-state index contributed by atoms with van der Waals surface area (Å²) in [5.41, 5.74) is 17.7. The molecule has 10 heteroatoms. The van der Waals surface area contributed by atoms with Crippen molar-refractivity contribution in [3.63, 3.8) is 0 Å². The molecule has 2 aromatic carbocycles. The fourth-order valence-electron chi connectivity index (χ4n) is 2.44. The Kier molecular flexibility index (Phi) is 6.62. The molecule has 30 heavy (non-hydrogen) atoms. The molecule has 1 aromatic heterocycles. The van der Waals surface area contributed by atoms with E-state index >= 15 is 0 Å². The van der Waals surface area contributed by atoms with Gasteiger partial charge in [0.15, 0.2) is 18.2 Å². The van der Waals surface area contributed by atoms with E-state index in [0.717, 1.165) is 5.56 Å². The van der Waals surface area contributed by atoms with Gasteiger partial charge in [-0.1, -0.05) is 36.4 Å². The van der Waals surface area contributed by atoms with Crippen molar-refractivity contribution in [2.75, 3.05) is 23.2 Å². The topological polar surface area (TPSA) is 143 Å². The van der Waals surface area contributed by atoms with Gasteiger partial charge in [-0.2, -0.15) is 0 Å². The summed E-state index contributed by atoms with van der Waals surface area (Å²) >= 11 is 0. The van der Waals surface area contributed by atoms with Crippen LogP contribution in [0.1, 0.15) is 15.9 Å². The van der Waals surface area contributed by atoms with E-state index in [0.29, 0.717) is 11.3 Å². The lowest BCUT2D eigenvalue weighted by Crippen LogP contribution is -2.35. The number of aromatic nitrogens is 2. The van der Waals surface area contributed by atoms with Gasteiger partial charge in [0.2, 0.25) is 0 Å². The highest BCUT2D eigenvalue weighted by molar-refractivity contribution is 5.96. The Morgan fingerprint density at radius 1 is 0.933 bits per heavy atom. The van der Waals surface area contributed by atoms with E-state index in [1.165, 1.54) is 6.33 Å². The SMILES string of the molecule is Cc1ccccc1C(=O)NNc1ncnc(NNC(=O)COc2ccccc2)c1N. The molecule has 0 aliphatic rings. The number of hydrazine groups is 2. The molecular weight excluding hydrogens is 386 g/mol. The number of benzene rings is 2. The van der Waals surface area contributed by atoms with Crippen LogP contribution in [0.2, 0.25) is 0 Å². The largest absolute Gasteiger partial charge is 0.484 e. The van der Waals surface area contributed by atoms with Gasteiger partial charge in [0.05, 0.1) is 0 Å². The van der Waals surface area contributed by atoms with Crippen molar-refractivity contribution in [1.82, 2.24) is 20.8 Å². The zero-order valence-corrected chi connectivity index (χ0v) is 16.2. The third-order valence-electron chi connectivity index (χ3n) is 4.00. The van der Waals surface area contributed by atoms with Crippen LogP contribution < -0.4 is 32.2 Å². The Bertz CT molecular complexity index is 1030. The average molecular weight is 407 g/mol. The fraction of sp³-hybridized carbons (Fsp3) is 0.100. The van der Waals surface area contributed by atoms with Crippen molar-refractivity contribution < 1.29 is 14.3 Å². The van der Waals surface area contributed by atoms with Crippen molar-refractivity contribution in [2.45, 2.75) is 6.92 Å². The van der Waals surface area contributed by atoms with E-state index < -0.39 is 5.91 Å². The normalized spacial score (nSPS) is 10.0. The number of carbonyl (C=O) groups is 2. The Morgan fingerprint density at radius 2 is 1.57 bits per heavy atom. The maximum atomic E-state index is 12.3. The maximum absolute atomic E-state index is 12.3. The first-order valence-corrected chi connectivity index (χ1v) is 8.99. The summed E-state index contributed by atoms with van der Waals surface area (Å²) in [6, 6.07) is 16.1. The number of ether oxygens (including phenoxy) is 1. The fourth-order valence-corrected chi connectivity index (χ4v) is 2.44. The van der Waals surface area contributed by atoms with Crippen molar-refractivity contribution in [1.29, 1.82) is 0 Å². The molecule has 0 bridgehead atoms. The minimum absolute atomic E-state index is 0.104. The van der Waals surface area contributed by atoms with Gasteiger partial charge >= 0.3 is 0 Å². The lowest BCUT2D eigenvalue weighted by molar-refractivity contribution is -0.122. The maximum Gasteiger partial charge on any atom is 0.276 e. The molecule has 3 aromatic rings. The van der Waals surface area contributed by atoms with Gasteiger partial charge in [0, 0.05) is 5.56 Å². The highest BCUT2D eigenvalue weighted by atomic mass is 16.5. The van der Waals surface area contributed by atoms with E-state index in [9.17, 15) is 9.59 Å². The Balaban J connectivity index is 1.53. The highest BCUT2D eigenvalue weighted by Crippen LogP contribution is 2.21. The third-order valence-corrected chi connectivity index (χ3v) is 4.00. The zero-order chi connectivity index (χ0) is 21.3. The average Bonchev–Trinajstić information content (AvgIpc) is 2.77. The number of amides is 2. The number of hydrogen-bond donors (Lipinski definition) is 5. The first kappa shape index (κ1) is 20.4. The lowest BCUT2D eigenvalue weighted by Gasteiger charge is -2.14. The number of nitrogens with one attached hydrogen (secondary N) is 4. The number of aryl methyl sites for hydroxylation is 1.